The van der Waals surface area contributed by atoms with Crippen LogP contribution in [-0.4, -0.2) is 17.5 Å². The summed E-state index contributed by atoms with van der Waals surface area (Å²) < 4.78 is 13.4. The number of nitrogens with one attached hydrogen (secondary N) is 1. The van der Waals surface area contributed by atoms with Gasteiger partial charge in [-0.2, -0.15) is 0 Å². The van der Waals surface area contributed by atoms with E-state index in [9.17, 15) is 14.0 Å². The third kappa shape index (κ3) is 14.1. The van der Waals surface area contributed by atoms with E-state index in [0.717, 1.165) is 41.0 Å². The molecule has 242 valence electrons. The third-order valence-corrected chi connectivity index (χ3v) is 7.52. The van der Waals surface area contributed by atoms with Crippen molar-refractivity contribution in [1.82, 2.24) is 0 Å². The SMILES string of the molecule is C.CC/C=C(/C)CC(C)c1cc(Cl)ccc1CCC.CCC(=O)O.Cc1ccc(F)cc1C(C)c1ccc(Cl)cc1NC=O. The number of carboxylic acids is 1. The highest BCUT2D eigenvalue weighted by molar-refractivity contribution is 6.31. The molecule has 44 heavy (non-hydrogen) atoms. The first kappa shape index (κ1) is 40.9. The van der Waals surface area contributed by atoms with Crippen molar-refractivity contribution in [2.45, 2.75) is 99.8 Å². The number of rotatable bonds is 11. The number of hydrogen-bond donors (Lipinski definition) is 2. The maximum absolute atomic E-state index is 13.4. The third-order valence-electron chi connectivity index (χ3n) is 7.05. The Bertz CT molecular complexity index is 1360. The molecule has 0 aliphatic carbocycles. The molecule has 0 aromatic heterocycles. The normalized spacial score (nSPS) is 11.9. The van der Waals surface area contributed by atoms with Crippen molar-refractivity contribution >= 4 is 41.3 Å². The number of carboxylic acid groups (broad SMARTS) is 1. The van der Waals surface area contributed by atoms with Gasteiger partial charge in [0.2, 0.25) is 6.41 Å². The number of hydrogen-bond acceptors (Lipinski definition) is 2. The van der Waals surface area contributed by atoms with Gasteiger partial charge in [-0.1, -0.05) is 102 Å². The van der Waals surface area contributed by atoms with E-state index in [1.807, 2.05) is 26.0 Å². The van der Waals surface area contributed by atoms with E-state index in [2.05, 4.69) is 51.2 Å². The molecule has 2 unspecified atom stereocenters. The van der Waals surface area contributed by atoms with Crippen LogP contribution in [0, 0.1) is 12.7 Å². The van der Waals surface area contributed by atoms with E-state index >= 15 is 0 Å². The van der Waals surface area contributed by atoms with Crippen LogP contribution in [0.1, 0.15) is 114 Å². The summed E-state index contributed by atoms with van der Waals surface area (Å²) in [6.07, 6.45) is 7.74. The highest BCUT2D eigenvalue weighted by Gasteiger charge is 2.16. The van der Waals surface area contributed by atoms with Gasteiger partial charge in [0.05, 0.1) is 0 Å². The van der Waals surface area contributed by atoms with Crippen molar-refractivity contribution in [1.29, 1.82) is 0 Å². The molecule has 0 aliphatic rings. The molecular formula is C37H50Cl2FNO3. The Balaban J connectivity index is 0.000000718. The molecule has 3 aromatic carbocycles. The fourth-order valence-corrected chi connectivity index (χ4v) is 5.24. The van der Waals surface area contributed by atoms with Gasteiger partial charge < -0.3 is 10.4 Å². The highest BCUT2D eigenvalue weighted by Crippen LogP contribution is 2.34. The van der Waals surface area contributed by atoms with Gasteiger partial charge in [-0.05, 0) is 103 Å². The number of halogens is 3. The lowest BCUT2D eigenvalue weighted by molar-refractivity contribution is -0.136. The van der Waals surface area contributed by atoms with Crippen LogP contribution in [0.25, 0.3) is 0 Å². The zero-order valence-corrected chi connectivity index (χ0v) is 28.0. The fourth-order valence-electron chi connectivity index (χ4n) is 4.89. The minimum atomic E-state index is -0.745. The van der Waals surface area contributed by atoms with Crippen LogP contribution >= 0.6 is 23.2 Å². The molecule has 3 aromatic rings. The number of benzene rings is 3. The maximum atomic E-state index is 13.4. The number of allylic oxidation sites excluding steroid dienone is 2. The van der Waals surface area contributed by atoms with Crippen LogP contribution in [-0.2, 0) is 16.0 Å². The highest BCUT2D eigenvalue weighted by atomic mass is 35.5. The van der Waals surface area contributed by atoms with E-state index in [4.69, 9.17) is 28.3 Å². The van der Waals surface area contributed by atoms with Crippen LogP contribution in [0.5, 0.6) is 0 Å². The van der Waals surface area contributed by atoms with Crippen LogP contribution in [0.15, 0.2) is 66.2 Å². The zero-order valence-electron chi connectivity index (χ0n) is 26.4. The first-order valence-corrected chi connectivity index (χ1v) is 15.5. The molecule has 0 saturated heterocycles. The summed E-state index contributed by atoms with van der Waals surface area (Å²) in [6, 6.07) is 16.4. The molecule has 2 atom stereocenters. The summed E-state index contributed by atoms with van der Waals surface area (Å²) >= 11 is 12.1. The van der Waals surface area contributed by atoms with E-state index in [1.165, 1.54) is 35.3 Å². The van der Waals surface area contributed by atoms with Gasteiger partial charge in [0.15, 0.2) is 0 Å². The number of anilines is 1. The summed E-state index contributed by atoms with van der Waals surface area (Å²) in [4.78, 5) is 20.1. The number of aryl methyl sites for hydroxylation is 2. The summed E-state index contributed by atoms with van der Waals surface area (Å²) in [5, 5.41) is 11.8. The van der Waals surface area contributed by atoms with Crippen LogP contribution in [0.2, 0.25) is 10.0 Å². The molecule has 0 heterocycles. The lowest BCUT2D eigenvalue weighted by Gasteiger charge is -2.18. The zero-order chi connectivity index (χ0) is 32.5. The predicted molar refractivity (Wildman–Crippen MR) is 187 cm³/mol. The second kappa shape index (κ2) is 21.5. The second-order valence-corrected chi connectivity index (χ2v) is 11.5. The van der Waals surface area contributed by atoms with Gasteiger partial charge in [-0.3, -0.25) is 9.59 Å². The van der Waals surface area contributed by atoms with Crippen molar-refractivity contribution in [3.05, 3.63) is 110 Å². The summed E-state index contributed by atoms with van der Waals surface area (Å²) in [5.41, 5.74) is 7.80. The first-order valence-electron chi connectivity index (χ1n) is 14.8. The molecule has 4 nitrogen and oxygen atoms in total. The molecule has 0 radical (unpaired) electrons. The van der Waals surface area contributed by atoms with Crippen molar-refractivity contribution in [2.75, 3.05) is 5.32 Å². The van der Waals surface area contributed by atoms with Gasteiger partial charge >= 0.3 is 5.97 Å². The van der Waals surface area contributed by atoms with E-state index in [0.29, 0.717) is 23.0 Å². The molecule has 0 fully saturated rings. The predicted octanol–water partition coefficient (Wildman–Crippen LogP) is 11.8. The minimum absolute atomic E-state index is 0. The Hall–Kier alpha value is -3.15. The minimum Gasteiger partial charge on any atom is -0.481 e. The van der Waals surface area contributed by atoms with Gasteiger partial charge in [0.25, 0.3) is 0 Å². The largest absolute Gasteiger partial charge is 0.481 e. The summed E-state index contributed by atoms with van der Waals surface area (Å²) in [7, 11) is 0. The number of carbonyl (C=O) groups excluding carboxylic acids is 1. The van der Waals surface area contributed by atoms with Gasteiger partial charge in [0, 0.05) is 28.1 Å². The Morgan fingerprint density at radius 3 is 2.14 bits per heavy atom. The van der Waals surface area contributed by atoms with Crippen LogP contribution in [0.3, 0.4) is 0 Å². The first-order chi connectivity index (χ1) is 20.4. The van der Waals surface area contributed by atoms with E-state index in [-0.39, 0.29) is 25.6 Å². The smallest absolute Gasteiger partial charge is 0.303 e. The van der Waals surface area contributed by atoms with Crippen LogP contribution < -0.4 is 5.32 Å². The Morgan fingerprint density at radius 2 is 1.57 bits per heavy atom. The molecule has 1 amide bonds. The average Bonchev–Trinajstić information content (AvgIpc) is 2.96. The molecule has 3 rings (SSSR count). The van der Waals surface area contributed by atoms with E-state index < -0.39 is 5.97 Å². The number of carbonyl (C=O) groups is 2. The molecule has 0 bridgehead atoms. The summed E-state index contributed by atoms with van der Waals surface area (Å²) in [6.45, 7) is 14.5. The van der Waals surface area contributed by atoms with Crippen molar-refractivity contribution in [2.24, 2.45) is 0 Å². The second-order valence-electron chi connectivity index (χ2n) is 10.6. The topological polar surface area (TPSA) is 66.4 Å². The molecular weight excluding hydrogens is 596 g/mol. The fraction of sp³-hybridized carbons (Fsp3) is 0.405. The Kier molecular flexibility index (Phi) is 20.0. The number of aliphatic carboxylic acids is 1. The standard InChI is InChI=1S/C17H25Cl.C16H15ClFNO.C3H6O2.CH4/c1-5-7-13(3)11-14(4)17-12-16(18)10-9-15(17)8-6-2;1-10-3-5-13(18)8-15(10)11(2)14-6-4-12(17)7-16(14)19-9-20;1-2-3(4)5;/h7,9-10,12,14H,5-6,8,11H2,1-4H3;3-9,11H,1-2H3,(H,19,20);2H2,1H3,(H,4,5);1H4/b13-7-;;;. The molecule has 7 heteroatoms. The van der Waals surface area contributed by atoms with Crippen LogP contribution in [0.4, 0.5) is 10.1 Å². The quantitative estimate of drug-likeness (QED) is 0.161. The maximum Gasteiger partial charge on any atom is 0.303 e. The lowest BCUT2D eigenvalue weighted by Crippen LogP contribution is -2.05. The lowest BCUT2D eigenvalue weighted by atomic mass is 9.89. The van der Waals surface area contributed by atoms with Gasteiger partial charge in [-0.15, -0.1) is 0 Å². The van der Waals surface area contributed by atoms with E-state index in [1.54, 1.807) is 25.1 Å². The Morgan fingerprint density at radius 1 is 0.955 bits per heavy atom. The van der Waals surface area contributed by atoms with Crippen molar-refractivity contribution < 1.29 is 19.1 Å². The van der Waals surface area contributed by atoms with Crippen molar-refractivity contribution in [3.8, 4) is 0 Å². The summed E-state index contributed by atoms with van der Waals surface area (Å²) in [5.74, 6) is -0.514. The van der Waals surface area contributed by atoms with Gasteiger partial charge in [0.1, 0.15) is 5.82 Å². The number of amides is 1. The monoisotopic (exact) mass is 645 g/mol. The average molecular weight is 647 g/mol. The molecule has 0 saturated carbocycles. The Labute approximate surface area is 274 Å². The van der Waals surface area contributed by atoms with Gasteiger partial charge in [-0.25, -0.2) is 4.39 Å². The molecule has 0 spiro atoms. The molecule has 2 N–H and O–H groups in total. The van der Waals surface area contributed by atoms with Crippen molar-refractivity contribution in [3.63, 3.8) is 0 Å². The molecule has 0 aliphatic heterocycles.